The molecule has 0 bridgehead atoms. The number of alkyl halides is 2. The van der Waals surface area contributed by atoms with Crippen molar-refractivity contribution < 1.29 is 23.4 Å². The minimum absolute atomic E-state index is 0.0549. The molecule has 0 unspecified atom stereocenters. The highest BCUT2D eigenvalue weighted by Crippen LogP contribution is 2.32. The van der Waals surface area contributed by atoms with Gasteiger partial charge in [-0.25, -0.2) is 0 Å². The van der Waals surface area contributed by atoms with Gasteiger partial charge in [0.25, 0.3) is 5.91 Å². The van der Waals surface area contributed by atoms with Crippen LogP contribution in [0.15, 0.2) is 35.7 Å². The number of nitrogens with zero attached hydrogens (tertiary/aromatic N) is 1. The molecule has 1 fully saturated rings. The highest BCUT2D eigenvalue weighted by atomic mass is 32.1. The van der Waals surface area contributed by atoms with Crippen molar-refractivity contribution in [3.05, 3.63) is 46.2 Å². The lowest BCUT2D eigenvalue weighted by Gasteiger charge is -2.32. The van der Waals surface area contributed by atoms with Crippen molar-refractivity contribution in [3.8, 4) is 11.5 Å². The van der Waals surface area contributed by atoms with Crippen molar-refractivity contribution in [1.82, 2.24) is 4.90 Å². The minimum atomic E-state index is -2.94. The van der Waals surface area contributed by atoms with Crippen LogP contribution >= 0.6 is 11.3 Å². The monoisotopic (exact) mass is 353 g/mol. The fraction of sp³-hybridized carbons (Fsp3) is 0.353. The van der Waals surface area contributed by atoms with E-state index in [-0.39, 0.29) is 22.3 Å². The normalized spacial score (nSPS) is 15.7. The topological polar surface area (TPSA) is 49.8 Å². The highest BCUT2D eigenvalue weighted by molar-refractivity contribution is 7.12. The smallest absolute Gasteiger partial charge is 0.387 e. The van der Waals surface area contributed by atoms with Gasteiger partial charge in [0.2, 0.25) is 0 Å². The molecule has 1 saturated heterocycles. The molecule has 1 aliphatic rings. The molecule has 128 valence electrons. The van der Waals surface area contributed by atoms with Crippen LogP contribution in [-0.2, 0) is 0 Å². The third kappa shape index (κ3) is 3.67. The van der Waals surface area contributed by atoms with E-state index in [1.54, 1.807) is 22.4 Å². The van der Waals surface area contributed by atoms with Gasteiger partial charge in [-0.2, -0.15) is 8.78 Å². The van der Waals surface area contributed by atoms with Crippen LogP contribution in [0.5, 0.6) is 11.5 Å². The molecule has 0 atom stereocenters. The van der Waals surface area contributed by atoms with Crippen LogP contribution in [0.3, 0.4) is 0 Å². The second-order valence-electron chi connectivity index (χ2n) is 5.65. The predicted octanol–water partition coefficient (Wildman–Crippen LogP) is 4.07. The third-order valence-electron chi connectivity index (χ3n) is 4.19. The molecule has 7 heteroatoms. The fourth-order valence-electron chi connectivity index (χ4n) is 2.95. The van der Waals surface area contributed by atoms with E-state index in [4.69, 9.17) is 0 Å². The molecule has 1 aromatic carbocycles. The van der Waals surface area contributed by atoms with E-state index in [2.05, 4.69) is 4.74 Å². The number of benzene rings is 1. The molecule has 1 aromatic heterocycles. The molecular weight excluding hydrogens is 336 g/mol. The molecule has 2 heterocycles. The largest absolute Gasteiger partial charge is 0.508 e. The van der Waals surface area contributed by atoms with Crippen molar-refractivity contribution >= 4 is 17.2 Å². The number of hydrogen-bond donors (Lipinski definition) is 1. The van der Waals surface area contributed by atoms with Gasteiger partial charge in [-0.15, -0.1) is 11.3 Å². The minimum Gasteiger partial charge on any atom is -0.508 e. The Bertz CT molecular complexity index is 694. The van der Waals surface area contributed by atoms with E-state index in [0.29, 0.717) is 19.0 Å². The number of thiophene rings is 1. The number of carbonyl (C=O) groups is 1. The van der Waals surface area contributed by atoms with Crippen molar-refractivity contribution in [2.45, 2.75) is 25.4 Å². The second-order valence-corrected chi connectivity index (χ2v) is 6.57. The Kier molecular flexibility index (Phi) is 4.99. The van der Waals surface area contributed by atoms with Crippen LogP contribution in [0.4, 0.5) is 8.78 Å². The first-order valence-corrected chi connectivity index (χ1v) is 8.53. The Morgan fingerprint density at radius 1 is 1.21 bits per heavy atom. The summed E-state index contributed by atoms with van der Waals surface area (Å²) in [6.07, 6.45) is 1.60. The molecular formula is C17H17F2NO3S. The molecule has 0 aliphatic carbocycles. The van der Waals surface area contributed by atoms with Crippen LogP contribution in [0.1, 0.15) is 34.0 Å². The van der Waals surface area contributed by atoms with Gasteiger partial charge in [-0.1, -0.05) is 12.1 Å². The first kappa shape index (κ1) is 16.7. The number of halogens is 2. The molecule has 0 saturated carbocycles. The number of phenols is 1. The van der Waals surface area contributed by atoms with E-state index in [1.165, 1.54) is 6.07 Å². The van der Waals surface area contributed by atoms with E-state index < -0.39 is 6.61 Å². The van der Waals surface area contributed by atoms with E-state index >= 15 is 0 Å². The lowest BCUT2D eigenvalue weighted by Crippen LogP contribution is -2.37. The predicted molar refractivity (Wildman–Crippen MR) is 86.9 cm³/mol. The number of hydrogen-bond acceptors (Lipinski definition) is 4. The van der Waals surface area contributed by atoms with Crippen LogP contribution in [0.2, 0.25) is 0 Å². The van der Waals surface area contributed by atoms with Crippen LogP contribution in [-0.4, -0.2) is 35.6 Å². The van der Waals surface area contributed by atoms with E-state index in [0.717, 1.165) is 29.7 Å². The Balaban J connectivity index is 1.63. The van der Waals surface area contributed by atoms with Crippen molar-refractivity contribution in [2.75, 3.05) is 13.1 Å². The molecule has 0 spiro atoms. The average molecular weight is 353 g/mol. The molecule has 0 radical (unpaired) electrons. The number of amides is 1. The maximum absolute atomic E-state index is 12.5. The SMILES string of the molecule is O=C(c1sccc1OC(F)F)N1CCC(c2ccc(O)cc2)CC1. The first-order valence-electron chi connectivity index (χ1n) is 7.65. The molecule has 3 rings (SSSR count). The summed E-state index contributed by atoms with van der Waals surface area (Å²) in [5, 5.41) is 10.9. The standard InChI is InChI=1S/C17H17F2NO3S/c18-17(19)23-14-7-10-24-15(14)16(22)20-8-5-12(6-9-20)11-1-3-13(21)4-2-11/h1-4,7,10,12,17,21H,5-6,8-9H2. The summed E-state index contributed by atoms with van der Waals surface area (Å²) in [5.41, 5.74) is 1.14. The van der Waals surface area contributed by atoms with Gasteiger partial charge in [0.1, 0.15) is 16.4 Å². The Morgan fingerprint density at radius 3 is 2.50 bits per heavy atom. The number of likely N-dealkylation sites (tertiary alicyclic amines) is 1. The van der Waals surface area contributed by atoms with Gasteiger partial charge >= 0.3 is 6.61 Å². The summed E-state index contributed by atoms with van der Waals surface area (Å²) in [4.78, 5) is 14.4. The number of rotatable bonds is 4. The molecule has 2 aromatic rings. The lowest BCUT2D eigenvalue weighted by atomic mass is 9.89. The quantitative estimate of drug-likeness (QED) is 0.901. The zero-order valence-electron chi connectivity index (χ0n) is 12.8. The van der Waals surface area contributed by atoms with E-state index in [1.807, 2.05) is 12.1 Å². The molecule has 4 nitrogen and oxygen atoms in total. The summed E-state index contributed by atoms with van der Waals surface area (Å²) >= 11 is 1.11. The average Bonchev–Trinajstić information content (AvgIpc) is 3.02. The summed E-state index contributed by atoms with van der Waals surface area (Å²) in [6, 6.07) is 8.50. The van der Waals surface area contributed by atoms with E-state index in [9.17, 15) is 18.7 Å². The number of ether oxygens (including phenoxy) is 1. The van der Waals surface area contributed by atoms with Crippen molar-refractivity contribution in [3.63, 3.8) is 0 Å². The van der Waals surface area contributed by atoms with Gasteiger partial charge in [0.05, 0.1) is 0 Å². The summed E-state index contributed by atoms with van der Waals surface area (Å²) in [7, 11) is 0. The molecule has 1 N–H and O–H groups in total. The number of phenolic OH excluding ortho intramolecular Hbond substituents is 1. The van der Waals surface area contributed by atoms with Crippen molar-refractivity contribution in [1.29, 1.82) is 0 Å². The molecule has 1 aliphatic heterocycles. The van der Waals surface area contributed by atoms with Crippen LogP contribution in [0.25, 0.3) is 0 Å². The molecule has 24 heavy (non-hydrogen) atoms. The van der Waals surface area contributed by atoms with Gasteiger partial charge < -0.3 is 14.7 Å². The summed E-state index contributed by atoms with van der Waals surface area (Å²) < 4.78 is 29.2. The Morgan fingerprint density at radius 2 is 1.88 bits per heavy atom. The summed E-state index contributed by atoms with van der Waals surface area (Å²) in [5.74, 6) is 0.246. The maximum atomic E-state index is 12.5. The zero-order valence-corrected chi connectivity index (χ0v) is 13.6. The van der Waals surface area contributed by atoms with Gasteiger partial charge in [-0.3, -0.25) is 4.79 Å². The number of aromatic hydroxyl groups is 1. The third-order valence-corrected chi connectivity index (χ3v) is 5.07. The van der Waals surface area contributed by atoms with Gasteiger partial charge in [0.15, 0.2) is 0 Å². The number of piperidine rings is 1. The first-order chi connectivity index (χ1) is 11.5. The fourth-order valence-corrected chi connectivity index (χ4v) is 3.74. The summed E-state index contributed by atoms with van der Waals surface area (Å²) in [6.45, 7) is -1.81. The lowest BCUT2D eigenvalue weighted by molar-refractivity contribution is -0.0499. The van der Waals surface area contributed by atoms with Gasteiger partial charge in [0, 0.05) is 13.1 Å². The second kappa shape index (κ2) is 7.17. The zero-order chi connectivity index (χ0) is 17.1. The molecule has 1 amide bonds. The maximum Gasteiger partial charge on any atom is 0.387 e. The highest BCUT2D eigenvalue weighted by Gasteiger charge is 2.27. The van der Waals surface area contributed by atoms with Gasteiger partial charge in [-0.05, 0) is 47.9 Å². The number of carbonyl (C=O) groups excluding carboxylic acids is 1. The Hall–Kier alpha value is -2.15. The van der Waals surface area contributed by atoms with Crippen molar-refractivity contribution in [2.24, 2.45) is 0 Å². The van der Waals surface area contributed by atoms with Crippen LogP contribution < -0.4 is 4.74 Å². The Labute approximate surface area is 142 Å². The van der Waals surface area contributed by atoms with Crippen LogP contribution in [0, 0.1) is 0 Å².